The Bertz CT molecular complexity index is 3530. The summed E-state index contributed by atoms with van der Waals surface area (Å²) in [6.07, 6.45) is 3.86. The molecule has 0 radical (unpaired) electrons. The minimum Gasteiger partial charge on any atom is -0.311 e. The van der Waals surface area contributed by atoms with Gasteiger partial charge in [0.25, 0.3) is 6.71 Å². The van der Waals surface area contributed by atoms with E-state index in [1.807, 2.05) is 12.4 Å². The van der Waals surface area contributed by atoms with Crippen LogP contribution in [0.3, 0.4) is 0 Å². The number of benzene rings is 9. The number of anilines is 6. The van der Waals surface area contributed by atoms with Gasteiger partial charge >= 0.3 is 0 Å². The Labute approximate surface area is 421 Å². The molecule has 71 heavy (non-hydrogen) atoms. The van der Waals surface area contributed by atoms with Crippen molar-refractivity contribution in [2.75, 3.05) is 9.80 Å². The number of rotatable bonds is 3. The Morgan fingerprint density at radius 2 is 0.662 bits per heavy atom. The van der Waals surface area contributed by atoms with Crippen LogP contribution in [0.2, 0.25) is 0 Å². The topological polar surface area (TPSA) is 19.4 Å². The van der Waals surface area contributed by atoms with Crippen molar-refractivity contribution in [1.82, 2.24) is 4.98 Å². The van der Waals surface area contributed by atoms with Crippen molar-refractivity contribution in [2.24, 2.45) is 0 Å². The molecule has 0 saturated heterocycles. The van der Waals surface area contributed by atoms with Crippen molar-refractivity contribution < 1.29 is 0 Å². The molecule has 0 bridgehead atoms. The monoisotopic (exact) mass is 922 g/mol. The lowest BCUT2D eigenvalue weighted by Gasteiger charge is -2.45. The molecule has 3 heterocycles. The Kier molecular flexibility index (Phi) is 9.93. The van der Waals surface area contributed by atoms with Crippen LogP contribution < -0.4 is 26.2 Å². The lowest BCUT2D eigenvalue weighted by atomic mass is 9.33. The molecule has 12 rings (SSSR count). The highest BCUT2D eigenvalue weighted by Crippen LogP contribution is 2.50. The molecular formula is C67H64BN3. The first kappa shape index (κ1) is 45.0. The molecule has 3 nitrogen and oxygen atoms in total. The number of fused-ring (bicyclic) bond motifs is 8. The highest BCUT2D eigenvalue weighted by Gasteiger charge is 2.45. The average Bonchev–Trinajstić information content (AvgIpc) is 3.32. The van der Waals surface area contributed by atoms with E-state index in [0.29, 0.717) is 0 Å². The van der Waals surface area contributed by atoms with E-state index < -0.39 is 0 Å². The molecule has 0 atom stereocenters. The number of hydrogen-bond donors (Lipinski definition) is 0. The van der Waals surface area contributed by atoms with Gasteiger partial charge in [-0.25, -0.2) is 0 Å². The maximum atomic E-state index is 4.52. The molecule has 4 heteroatoms. The Morgan fingerprint density at radius 1 is 0.324 bits per heavy atom. The molecule has 2 aliphatic rings. The van der Waals surface area contributed by atoms with Crippen LogP contribution >= 0.6 is 0 Å². The molecule has 10 aromatic rings. The zero-order valence-corrected chi connectivity index (χ0v) is 43.6. The molecule has 0 N–H and O–H groups in total. The molecule has 0 fully saturated rings. The number of nitrogens with zero attached hydrogens (tertiary/aromatic N) is 3. The second-order valence-corrected chi connectivity index (χ2v) is 24.7. The van der Waals surface area contributed by atoms with Gasteiger partial charge in [-0.05, 0) is 199 Å². The van der Waals surface area contributed by atoms with Gasteiger partial charge < -0.3 is 9.80 Å². The fourth-order valence-corrected chi connectivity index (χ4v) is 11.4. The lowest BCUT2D eigenvalue weighted by molar-refractivity contribution is 0.568. The fraction of sp³-hybridized carbons (Fsp3) is 0.239. The van der Waals surface area contributed by atoms with E-state index in [4.69, 9.17) is 0 Å². The van der Waals surface area contributed by atoms with E-state index in [-0.39, 0.29) is 28.4 Å². The minimum absolute atomic E-state index is 0.0727. The quantitative estimate of drug-likeness (QED) is 0.130. The molecule has 2 aliphatic heterocycles. The van der Waals surface area contributed by atoms with Gasteiger partial charge in [-0.15, -0.1) is 0 Å². The summed E-state index contributed by atoms with van der Waals surface area (Å²) < 4.78 is 0. The van der Waals surface area contributed by atoms with Crippen LogP contribution in [-0.4, -0.2) is 11.7 Å². The second-order valence-electron chi connectivity index (χ2n) is 24.7. The summed E-state index contributed by atoms with van der Waals surface area (Å²) in [5.74, 6) is 0. The van der Waals surface area contributed by atoms with E-state index in [2.05, 4.69) is 256 Å². The van der Waals surface area contributed by atoms with E-state index in [1.54, 1.807) is 0 Å². The highest BCUT2D eigenvalue weighted by molar-refractivity contribution is 7.00. The summed E-state index contributed by atoms with van der Waals surface area (Å²) in [4.78, 5) is 9.79. The van der Waals surface area contributed by atoms with Crippen molar-refractivity contribution >= 4 is 100 Å². The van der Waals surface area contributed by atoms with Crippen LogP contribution in [0.15, 0.2) is 170 Å². The van der Waals surface area contributed by atoms with Gasteiger partial charge in [0.05, 0.1) is 0 Å². The van der Waals surface area contributed by atoms with Crippen molar-refractivity contribution in [2.45, 2.75) is 105 Å². The predicted octanol–water partition coefficient (Wildman–Crippen LogP) is 16.6. The van der Waals surface area contributed by atoms with Crippen molar-refractivity contribution in [3.05, 3.63) is 192 Å². The van der Waals surface area contributed by atoms with Crippen LogP contribution in [0.1, 0.15) is 105 Å². The first-order valence-electron chi connectivity index (χ1n) is 25.6. The number of hydrogen-bond acceptors (Lipinski definition) is 3. The Morgan fingerprint density at radius 3 is 1.00 bits per heavy atom. The Hall–Kier alpha value is -7.17. The van der Waals surface area contributed by atoms with Crippen molar-refractivity contribution in [1.29, 1.82) is 0 Å². The molecule has 0 aliphatic carbocycles. The van der Waals surface area contributed by atoms with Gasteiger partial charge in [-0.1, -0.05) is 156 Å². The average molecular weight is 922 g/mol. The summed E-state index contributed by atoms with van der Waals surface area (Å²) in [7, 11) is 0. The van der Waals surface area contributed by atoms with E-state index in [9.17, 15) is 0 Å². The number of pyridine rings is 1. The maximum absolute atomic E-state index is 4.52. The van der Waals surface area contributed by atoms with Crippen LogP contribution in [0.5, 0.6) is 0 Å². The molecule has 350 valence electrons. The van der Waals surface area contributed by atoms with Gasteiger partial charge in [0.1, 0.15) is 0 Å². The van der Waals surface area contributed by atoms with Crippen molar-refractivity contribution in [3.63, 3.8) is 0 Å². The van der Waals surface area contributed by atoms with Gasteiger partial charge in [0, 0.05) is 46.5 Å². The number of aromatic nitrogens is 1. The smallest absolute Gasteiger partial charge is 0.252 e. The summed E-state index contributed by atoms with van der Waals surface area (Å²) in [6.45, 7) is 28.1. The van der Waals surface area contributed by atoms with Gasteiger partial charge in [-0.2, -0.15) is 0 Å². The second kappa shape index (κ2) is 15.7. The van der Waals surface area contributed by atoms with Gasteiger partial charge in [-0.3, -0.25) is 4.98 Å². The SMILES string of the molecule is CC(C)(C)c1cc(N2c3cc4cc5ccccc5cc4cc3B3c4cc5cc6ccccc6cc5cc4N(c4cc(C(C)(C)C)cc(C(C)(C)C)c4)c4cc(-c5ccncc5)cc2c43)cc(C(C)(C)C)c1. The summed E-state index contributed by atoms with van der Waals surface area (Å²) in [5.41, 5.74) is 18.4. The molecule has 0 amide bonds. The minimum atomic E-state index is -0.0818. The molecule has 0 unspecified atom stereocenters. The fourth-order valence-electron chi connectivity index (χ4n) is 11.4. The van der Waals surface area contributed by atoms with E-state index >= 15 is 0 Å². The summed E-state index contributed by atoms with van der Waals surface area (Å²) in [6, 6.07) is 61.4. The molecular weight excluding hydrogens is 858 g/mol. The van der Waals surface area contributed by atoms with E-state index in [0.717, 1.165) is 11.1 Å². The third-order valence-electron chi connectivity index (χ3n) is 15.5. The highest BCUT2D eigenvalue weighted by atomic mass is 15.2. The summed E-state index contributed by atoms with van der Waals surface area (Å²) in [5, 5.41) is 9.99. The molecule has 0 saturated carbocycles. The van der Waals surface area contributed by atoms with Crippen LogP contribution in [-0.2, 0) is 21.7 Å². The first-order valence-corrected chi connectivity index (χ1v) is 25.6. The largest absolute Gasteiger partial charge is 0.311 e. The zero-order chi connectivity index (χ0) is 49.5. The van der Waals surface area contributed by atoms with Gasteiger partial charge in [0.15, 0.2) is 0 Å². The predicted molar refractivity (Wildman–Crippen MR) is 309 cm³/mol. The molecule has 9 aromatic carbocycles. The first-order chi connectivity index (χ1) is 33.7. The van der Waals surface area contributed by atoms with Crippen LogP contribution in [0.25, 0.3) is 54.2 Å². The maximum Gasteiger partial charge on any atom is 0.252 e. The zero-order valence-electron chi connectivity index (χ0n) is 43.6. The van der Waals surface area contributed by atoms with Crippen molar-refractivity contribution in [3.8, 4) is 11.1 Å². The van der Waals surface area contributed by atoms with Crippen LogP contribution in [0.4, 0.5) is 34.1 Å². The lowest BCUT2D eigenvalue weighted by Crippen LogP contribution is -2.61. The normalized spacial score (nSPS) is 13.8. The third-order valence-corrected chi connectivity index (χ3v) is 15.5. The standard InChI is InChI=1S/C67H64BN3/c1-64(2,3)51-35-52(65(4,5)6)38-55(37-51)70-59-31-48-27-44-19-15-13-17-42(44)25-46(48)29-57(59)68-58-30-47-26-43-18-14-16-20-45(43)28-49(47)32-60(58)71(56-39-53(66(7,8)9)36-54(40-56)67(10,11)12)62-34-50(33-61(70)63(62)68)41-21-23-69-24-22-41/h13-40H,1-12H3. The van der Waals surface area contributed by atoms with Gasteiger partial charge in [0.2, 0.25) is 0 Å². The summed E-state index contributed by atoms with van der Waals surface area (Å²) >= 11 is 0. The third kappa shape index (κ3) is 7.61. The molecule has 0 spiro atoms. The van der Waals surface area contributed by atoms with E-state index in [1.165, 1.54) is 116 Å². The molecule has 1 aromatic heterocycles. The Balaban J connectivity index is 1.27. The van der Waals surface area contributed by atoms with Crippen LogP contribution in [0, 0.1) is 0 Å².